The molecule has 2 heteroatoms. The van der Waals surface area contributed by atoms with Crippen LogP contribution in [0.15, 0.2) is 0 Å². The van der Waals surface area contributed by atoms with Crippen molar-refractivity contribution in [3.05, 3.63) is 0 Å². The van der Waals surface area contributed by atoms with Gasteiger partial charge in [-0.1, -0.05) is 233 Å². The van der Waals surface area contributed by atoms with Crippen molar-refractivity contribution in [2.45, 2.75) is 272 Å². The molecule has 0 aromatic carbocycles. The van der Waals surface area contributed by atoms with Crippen molar-refractivity contribution in [3.63, 3.8) is 0 Å². The molecule has 0 aromatic rings. The lowest BCUT2D eigenvalue weighted by molar-refractivity contribution is 0.250. The van der Waals surface area contributed by atoms with Crippen LogP contribution in [0.5, 0.6) is 0 Å². The van der Waals surface area contributed by atoms with Gasteiger partial charge in [0.05, 0.1) is 0 Å². The molecular formula is C48H100N2. The van der Waals surface area contributed by atoms with E-state index in [1.54, 1.807) is 0 Å². The Labute approximate surface area is 319 Å². The summed E-state index contributed by atoms with van der Waals surface area (Å²) < 4.78 is 0. The van der Waals surface area contributed by atoms with Crippen molar-refractivity contribution in [1.29, 1.82) is 0 Å². The van der Waals surface area contributed by atoms with Crippen molar-refractivity contribution >= 4 is 0 Å². The van der Waals surface area contributed by atoms with E-state index in [1.807, 2.05) is 0 Å². The topological polar surface area (TPSA) is 6.48 Å². The van der Waals surface area contributed by atoms with E-state index >= 15 is 0 Å². The van der Waals surface area contributed by atoms with Crippen molar-refractivity contribution in [2.24, 2.45) is 0 Å². The molecule has 0 heterocycles. The van der Waals surface area contributed by atoms with E-state index in [4.69, 9.17) is 0 Å². The van der Waals surface area contributed by atoms with Gasteiger partial charge in [-0.3, -0.25) is 0 Å². The molecule has 0 amide bonds. The van der Waals surface area contributed by atoms with E-state index in [-0.39, 0.29) is 0 Å². The second-order valence-corrected chi connectivity index (χ2v) is 16.7. The molecule has 0 unspecified atom stereocenters. The monoisotopic (exact) mass is 705 g/mol. The largest absolute Gasteiger partial charge is 0.303 e. The van der Waals surface area contributed by atoms with Crippen LogP contribution >= 0.6 is 0 Å². The SMILES string of the molecule is CCCCCCCCCCN(CCCCCCCCCC)CCCCCCCCN(CCCCCCCCCC)CCCCCCCCCC. The fourth-order valence-electron chi connectivity index (χ4n) is 7.93. The first-order chi connectivity index (χ1) is 24.8. The first kappa shape index (κ1) is 49.9. The lowest BCUT2D eigenvalue weighted by Gasteiger charge is -2.23. The van der Waals surface area contributed by atoms with Gasteiger partial charge in [-0.2, -0.15) is 0 Å². The smallest absolute Gasteiger partial charge is 0.00187 e. The third-order valence-electron chi connectivity index (χ3n) is 11.5. The molecular weight excluding hydrogens is 605 g/mol. The van der Waals surface area contributed by atoms with Crippen LogP contribution < -0.4 is 0 Å². The summed E-state index contributed by atoms with van der Waals surface area (Å²) in [6, 6.07) is 0. The van der Waals surface area contributed by atoms with Gasteiger partial charge >= 0.3 is 0 Å². The molecule has 0 saturated heterocycles. The molecule has 0 rings (SSSR count). The van der Waals surface area contributed by atoms with Crippen LogP contribution in [0.2, 0.25) is 0 Å². The third kappa shape index (κ3) is 40.7. The summed E-state index contributed by atoms with van der Waals surface area (Å²) in [7, 11) is 0. The van der Waals surface area contributed by atoms with Crippen molar-refractivity contribution in [1.82, 2.24) is 9.80 Å². The summed E-state index contributed by atoms with van der Waals surface area (Å²) in [5.41, 5.74) is 0. The Hall–Kier alpha value is -0.0800. The standard InChI is InChI=1S/C48H100N2/c1-5-9-13-17-21-25-31-37-43-49(44-38-32-26-22-18-14-10-6-2)47-41-35-29-30-36-42-48-50(45-39-33-27-23-19-15-11-7-3)46-40-34-28-24-20-16-12-8-4/h5-48H2,1-4H3. The fraction of sp³-hybridized carbons (Fsp3) is 1.00. The summed E-state index contributed by atoms with van der Waals surface area (Å²) >= 11 is 0. The zero-order chi connectivity index (χ0) is 36.3. The Kier molecular flexibility index (Phi) is 45.0. The highest BCUT2D eigenvalue weighted by Crippen LogP contribution is 2.15. The highest BCUT2D eigenvalue weighted by molar-refractivity contribution is 4.63. The highest BCUT2D eigenvalue weighted by Gasteiger charge is 2.07. The van der Waals surface area contributed by atoms with E-state index in [0.717, 1.165) is 0 Å². The second-order valence-electron chi connectivity index (χ2n) is 16.7. The third-order valence-corrected chi connectivity index (χ3v) is 11.5. The number of hydrogen-bond donors (Lipinski definition) is 0. The van der Waals surface area contributed by atoms with Gasteiger partial charge in [0, 0.05) is 0 Å². The quantitative estimate of drug-likeness (QED) is 0.0582. The average molecular weight is 705 g/mol. The first-order valence-electron chi connectivity index (χ1n) is 24.2. The lowest BCUT2D eigenvalue weighted by atomic mass is 10.1. The van der Waals surface area contributed by atoms with Crippen LogP contribution in [-0.2, 0) is 0 Å². The van der Waals surface area contributed by atoms with Gasteiger partial charge in [-0.25, -0.2) is 0 Å². The maximum atomic E-state index is 2.86. The Bertz CT molecular complexity index is 487. The van der Waals surface area contributed by atoms with E-state index in [2.05, 4.69) is 37.5 Å². The lowest BCUT2D eigenvalue weighted by Crippen LogP contribution is -2.27. The molecule has 0 spiro atoms. The van der Waals surface area contributed by atoms with Crippen LogP contribution in [0.4, 0.5) is 0 Å². The second kappa shape index (κ2) is 45.1. The van der Waals surface area contributed by atoms with Gasteiger partial charge < -0.3 is 9.80 Å². The van der Waals surface area contributed by atoms with Gasteiger partial charge in [0.25, 0.3) is 0 Å². The molecule has 2 nitrogen and oxygen atoms in total. The van der Waals surface area contributed by atoms with Gasteiger partial charge in [-0.15, -0.1) is 0 Å². The summed E-state index contributed by atoms with van der Waals surface area (Å²) in [5, 5.41) is 0. The summed E-state index contributed by atoms with van der Waals surface area (Å²) in [6.45, 7) is 17.5. The zero-order valence-corrected chi connectivity index (χ0v) is 36.0. The van der Waals surface area contributed by atoms with E-state index in [1.165, 1.54) is 283 Å². The Balaban J connectivity index is 4.27. The molecule has 50 heavy (non-hydrogen) atoms. The highest BCUT2D eigenvalue weighted by atomic mass is 15.1. The maximum Gasteiger partial charge on any atom is -0.00187 e. The number of nitrogens with zero attached hydrogens (tertiary/aromatic N) is 2. The zero-order valence-electron chi connectivity index (χ0n) is 36.0. The Morgan fingerprint density at radius 1 is 0.160 bits per heavy atom. The van der Waals surface area contributed by atoms with Gasteiger partial charge in [-0.05, 0) is 77.8 Å². The Morgan fingerprint density at radius 3 is 0.420 bits per heavy atom. The molecule has 0 aromatic heterocycles. The number of unbranched alkanes of at least 4 members (excludes halogenated alkanes) is 33. The summed E-state index contributed by atoms with van der Waals surface area (Å²) in [4.78, 5) is 5.73. The van der Waals surface area contributed by atoms with Crippen molar-refractivity contribution in [2.75, 3.05) is 39.3 Å². The molecule has 0 aliphatic rings. The van der Waals surface area contributed by atoms with Crippen LogP contribution in [0.3, 0.4) is 0 Å². The first-order valence-corrected chi connectivity index (χ1v) is 24.2. The molecule has 0 aliphatic carbocycles. The van der Waals surface area contributed by atoms with E-state index in [0.29, 0.717) is 0 Å². The predicted octanol–water partition coefficient (Wildman–Crippen LogP) is 16.5. The molecule has 302 valence electrons. The summed E-state index contributed by atoms with van der Waals surface area (Å²) in [6.07, 6.45) is 54.8. The predicted molar refractivity (Wildman–Crippen MR) is 231 cm³/mol. The number of rotatable bonds is 45. The van der Waals surface area contributed by atoms with Crippen LogP contribution in [0.1, 0.15) is 272 Å². The van der Waals surface area contributed by atoms with E-state index in [9.17, 15) is 0 Å². The van der Waals surface area contributed by atoms with Crippen molar-refractivity contribution in [3.8, 4) is 0 Å². The molecule has 0 saturated carbocycles. The minimum Gasteiger partial charge on any atom is -0.303 e. The van der Waals surface area contributed by atoms with Gasteiger partial charge in [0.1, 0.15) is 0 Å². The minimum absolute atomic E-state index is 1.36. The van der Waals surface area contributed by atoms with Gasteiger partial charge in [0.2, 0.25) is 0 Å². The van der Waals surface area contributed by atoms with Crippen LogP contribution in [-0.4, -0.2) is 49.1 Å². The number of hydrogen-bond acceptors (Lipinski definition) is 2. The molecule has 0 radical (unpaired) electrons. The maximum absolute atomic E-state index is 2.86. The van der Waals surface area contributed by atoms with E-state index < -0.39 is 0 Å². The van der Waals surface area contributed by atoms with Crippen LogP contribution in [0.25, 0.3) is 0 Å². The average Bonchev–Trinajstić information content (AvgIpc) is 3.13. The minimum atomic E-state index is 1.36. The summed E-state index contributed by atoms with van der Waals surface area (Å²) in [5.74, 6) is 0. The molecule has 0 aliphatic heterocycles. The molecule has 0 N–H and O–H groups in total. The van der Waals surface area contributed by atoms with Crippen LogP contribution in [0, 0.1) is 0 Å². The van der Waals surface area contributed by atoms with Gasteiger partial charge in [0.15, 0.2) is 0 Å². The normalized spacial score (nSPS) is 11.9. The molecule has 0 atom stereocenters. The Morgan fingerprint density at radius 2 is 0.280 bits per heavy atom. The fourth-order valence-corrected chi connectivity index (χ4v) is 7.93. The van der Waals surface area contributed by atoms with Crippen molar-refractivity contribution < 1.29 is 0 Å². The molecule has 0 fully saturated rings. The molecule has 0 bridgehead atoms.